The molecule has 15 heavy (non-hydrogen) atoms. The van der Waals surface area contributed by atoms with Gasteiger partial charge < -0.3 is 5.32 Å². The number of carbonyl (C=O) groups is 1. The van der Waals surface area contributed by atoms with Gasteiger partial charge >= 0.3 is 0 Å². The van der Waals surface area contributed by atoms with Gasteiger partial charge in [0.15, 0.2) is 0 Å². The van der Waals surface area contributed by atoms with E-state index in [-0.39, 0.29) is 37.5 Å². The van der Waals surface area contributed by atoms with E-state index < -0.39 is 5.92 Å². The van der Waals surface area contributed by atoms with Crippen LogP contribution in [-0.4, -0.2) is 18.4 Å². The molecule has 0 aromatic carbocycles. The Morgan fingerprint density at radius 2 is 2.00 bits per heavy atom. The molecule has 0 saturated heterocycles. The molecule has 4 heteroatoms. The molecule has 1 aliphatic carbocycles. The number of alkyl halides is 2. The number of halogens is 2. The Labute approximate surface area is 88.7 Å². The predicted octanol–water partition coefficient (Wildman–Crippen LogP) is 2.50. The first-order valence-electron chi connectivity index (χ1n) is 5.21. The Morgan fingerprint density at radius 3 is 2.47 bits per heavy atom. The summed E-state index contributed by atoms with van der Waals surface area (Å²) in [5.74, 6) is -2.93. The molecule has 1 amide bonds. The molecule has 1 N–H and O–H groups in total. The van der Waals surface area contributed by atoms with Crippen molar-refractivity contribution in [3.05, 3.63) is 12.2 Å². The number of nitrogens with one attached hydrogen (secondary N) is 1. The second-order valence-electron chi connectivity index (χ2n) is 4.31. The summed E-state index contributed by atoms with van der Waals surface area (Å²) in [4.78, 5) is 11.5. The minimum atomic E-state index is -2.56. The summed E-state index contributed by atoms with van der Waals surface area (Å²) in [5, 5.41) is 2.70. The minimum absolute atomic E-state index is 0.117. The maximum absolute atomic E-state index is 12.8. The monoisotopic (exact) mass is 217 g/mol. The van der Waals surface area contributed by atoms with Crippen LogP contribution in [0.5, 0.6) is 0 Å². The quantitative estimate of drug-likeness (QED) is 0.723. The topological polar surface area (TPSA) is 29.1 Å². The second kappa shape index (κ2) is 4.73. The smallest absolute Gasteiger partial charge is 0.248 e. The van der Waals surface area contributed by atoms with Crippen molar-refractivity contribution in [2.24, 2.45) is 5.92 Å². The zero-order valence-electron chi connectivity index (χ0n) is 8.98. The molecule has 0 aliphatic heterocycles. The lowest BCUT2D eigenvalue weighted by molar-refractivity contribution is -0.128. The molecule has 0 aromatic rings. The first-order valence-corrected chi connectivity index (χ1v) is 5.21. The summed E-state index contributed by atoms with van der Waals surface area (Å²) in [5.41, 5.74) is 0.865. The lowest BCUT2D eigenvalue weighted by Gasteiger charge is -2.27. The van der Waals surface area contributed by atoms with Crippen LogP contribution < -0.4 is 5.32 Å². The normalized spacial score (nSPS) is 21.0. The third-order valence-electron chi connectivity index (χ3n) is 2.65. The van der Waals surface area contributed by atoms with Crippen molar-refractivity contribution in [3.63, 3.8) is 0 Å². The van der Waals surface area contributed by atoms with Crippen LogP contribution in [0.25, 0.3) is 0 Å². The highest BCUT2D eigenvalue weighted by atomic mass is 19.3. The third kappa shape index (κ3) is 3.98. The van der Waals surface area contributed by atoms with Gasteiger partial charge in [0.1, 0.15) is 0 Å². The molecule has 0 heterocycles. The summed E-state index contributed by atoms with van der Waals surface area (Å²) < 4.78 is 25.6. The molecule has 1 fully saturated rings. The summed E-state index contributed by atoms with van der Waals surface area (Å²) in [6, 6.07) is 0. The SMILES string of the molecule is C=C(C)CNC(=O)C1CCC(F)(F)CC1. The number of amides is 1. The van der Waals surface area contributed by atoms with Crippen molar-refractivity contribution in [2.45, 2.75) is 38.5 Å². The van der Waals surface area contributed by atoms with E-state index in [4.69, 9.17) is 0 Å². The summed E-state index contributed by atoms with van der Waals surface area (Å²) in [6.07, 6.45) is 0.236. The van der Waals surface area contributed by atoms with Crippen molar-refractivity contribution in [2.75, 3.05) is 6.54 Å². The van der Waals surface area contributed by atoms with Gasteiger partial charge in [0.25, 0.3) is 0 Å². The average Bonchev–Trinajstić information content (AvgIpc) is 2.14. The summed E-state index contributed by atoms with van der Waals surface area (Å²) in [7, 11) is 0. The van der Waals surface area contributed by atoms with Crippen LogP contribution in [0.4, 0.5) is 8.78 Å². The Morgan fingerprint density at radius 1 is 1.47 bits per heavy atom. The van der Waals surface area contributed by atoms with Gasteiger partial charge in [-0.15, -0.1) is 0 Å². The van der Waals surface area contributed by atoms with Crippen LogP contribution in [0.15, 0.2) is 12.2 Å². The fourth-order valence-electron chi connectivity index (χ4n) is 1.68. The zero-order valence-corrected chi connectivity index (χ0v) is 8.98. The highest BCUT2D eigenvalue weighted by Crippen LogP contribution is 2.36. The molecule has 0 spiro atoms. The van der Waals surface area contributed by atoms with E-state index in [0.717, 1.165) is 5.57 Å². The molecule has 1 rings (SSSR count). The Balaban J connectivity index is 2.33. The van der Waals surface area contributed by atoms with Gasteiger partial charge in [-0.3, -0.25) is 4.79 Å². The van der Waals surface area contributed by atoms with Gasteiger partial charge in [-0.2, -0.15) is 0 Å². The van der Waals surface area contributed by atoms with E-state index in [9.17, 15) is 13.6 Å². The van der Waals surface area contributed by atoms with E-state index in [2.05, 4.69) is 11.9 Å². The van der Waals surface area contributed by atoms with E-state index in [0.29, 0.717) is 6.54 Å². The van der Waals surface area contributed by atoms with Crippen molar-refractivity contribution < 1.29 is 13.6 Å². The fourth-order valence-corrected chi connectivity index (χ4v) is 1.68. The molecule has 1 saturated carbocycles. The van der Waals surface area contributed by atoms with Crippen LogP contribution in [-0.2, 0) is 4.79 Å². The maximum atomic E-state index is 12.8. The Hall–Kier alpha value is -0.930. The van der Waals surface area contributed by atoms with Crippen LogP contribution in [0, 0.1) is 5.92 Å². The predicted molar refractivity (Wildman–Crippen MR) is 54.7 cm³/mol. The third-order valence-corrected chi connectivity index (χ3v) is 2.65. The van der Waals surface area contributed by atoms with E-state index in [1.165, 1.54) is 0 Å². The van der Waals surface area contributed by atoms with Gasteiger partial charge in [-0.1, -0.05) is 12.2 Å². The van der Waals surface area contributed by atoms with Crippen molar-refractivity contribution in [1.29, 1.82) is 0 Å². The van der Waals surface area contributed by atoms with E-state index in [1.54, 1.807) is 0 Å². The highest BCUT2D eigenvalue weighted by molar-refractivity contribution is 5.78. The van der Waals surface area contributed by atoms with Crippen molar-refractivity contribution >= 4 is 5.91 Å². The minimum Gasteiger partial charge on any atom is -0.352 e. The molecule has 1 aliphatic rings. The van der Waals surface area contributed by atoms with Crippen molar-refractivity contribution in [3.8, 4) is 0 Å². The number of carbonyl (C=O) groups excluding carboxylic acids is 1. The second-order valence-corrected chi connectivity index (χ2v) is 4.31. The average molecular weight is 217 g/mol. The summed E-state index contributed by atoms with van der Waals surface area (Å²) in [6.45, 7) is 5.91. The van der Waals surface area contributed by atoms with E-state index >= 15 is 0 Å². The lowest BCUT2D eigenvalue weighted by Crippen LogP contribution is -2.36. The van der Waals surface area contributed by atoms with Crippen LogP contribution >= 0.6 is 0 Å². The zero-order chi connectivity index (χ0) is 11.5. The highest BCUT2D eigenvalue weighted by Gasteiger charge is 2.37. The van der Waals surface area contributed by atoms with Gasteiger partial charge in [0.05, 0.1) is 0 Å². The maximum Gasteiger partial charge on any atom is 0.248 e. The van der Waals surface area contributed by atoms with Gasteiger partial charge in [-0.25, -0.2) is 8.78 Å². The van der Waals surface area contributed by atoms with Gasteiger partial charge in [0, 0.05) is 25.3 Å². The fraction of sp³-hybridized carbons (Fsp3) is 0.727. The Kier molecular flexibility index (Phi) is 3.83. The Bertz CT molecular complexity index is 253. The summed E-state index contributed by atoms with van der Waals surface area (Å²) >= 11 is 0. The molecule has 0 atom stereocenters. The first-order chi connectivity index (χ1) is 6.91. The molecule has 0 radical (unpaired) electrons. The number of hydrogen-bond donors (Lipinski definition) is 1. The van der Waals surface area contributed by atoms with E-state index in [1.807, 2.05) is 6.92 Å². The van der Waals surface area contributed by atoms with Crippen LogP contribution in [0.3, 0.4) is 0 Å². The number of hydrogen-bond acceptors (Lipinski definition) is 1. The van der Waals surface area contributed by atoms with Crippen molar-refractivity contribution in [1.82, 2.24) is 5.32 Å². The molecular formula is C11H17F2NO. The molecule has 2 nitrogen and oxygen atoms in total. The van der Waals surface area contributed by atoms with Gasteiger partial charge in [0.2, 0.25) is 11.8 Å². The lowest BCUT2D eigenvalue weighted by atomic mass is 9.86. The molecule has 0 bridgehead atoms. The standard InChI is InChI=1S/C11H17F2NO/c1-8(2)7-14-10(15)9-3-5-11(12,13)6-4-9/h9H,1,3-7H2,2H3,(H,14,15). The number of rotatable bonds is 3. The molecule has 86 valence electrons. The van der Waals surface area contributed by atoms with Crippen LogP contribution in [0.1, 0.15) is 32.6 Å². The molecular weight excluding hydrogens is 200 g/mol. The first kappa shape index (κ1) is 12.1. The van der Waals surface area contributed by atoms with Crippen LogP contribution in [0.2, 0.25) is 0 Å². The molecule has 0 aromatic heterocycles. The molecule has 0 unspecified atom stereocenters. The van der Waals surface area contributed by atoms with Gasteiger partial charge in [-0.05, 0) is 19.8 Å². The largest absolute Gasteiger partial charge is 0.352 e.